The Morgan fingerprint density at radius 3 is 2.89 bits per heavy atom. The van der Waals surface area contributed by atoms with Gasteiger partial charge in [0.15, 0.2) is 11.2 Å². The Hall–Kier alpha value is -1.18. The van der Waals surface area contributed by atoms with Crippen LogP contribution in [-0.2, 0) is 11.5 Å². The summed E-state index contributed by atoms with van der Waals surface area (Å²) in [6.45, 7) is 7.91. The lowest BCUT2D eigenvalue weighted by Gasteiger charge is -2.15. The van der Waals surface area contributed by atoms with Gasteiger partial charge < -0.3 is 4.74 Å². The van der Waals surface area contributed by atoms with Gasteiger partial charge in [0.2, 0.25) is 5.28 Å². The molecule has 2 rings (SSSR count). The summed E-state index contributed by atoms with van der Waals surface area (Å²) in [7, 11) is -1.09. The highest BCUT2D eigenvalue weighted by Crippen LogP contribution is 2.10. The molecule has 0 amide bonds. The van der Waals surface area contributed by atoms with Gasteiger partial charge in [-0.2, -0.15) is 4.98 Å². The Bertz CT molecular complexity index is 632. The summed E-state index contributed by atoms with van der Waals surface area (Å²) in [6.07, 6.45) is 1.54. The van der Waals surface area contributed by atoms with Crippen LogP contribution in [0.4, 0.5) is 0 Å². The summed E-state index contributed by atoms with van der Waals surface area (Å²) in [6, 6.07) is 1.09. The lowest BCUT2D eigenvalue weighted by atomic mass is 10.5. The number of nitrogens with zero attached hydrogens (tertiary/aromatic N) is 3. The standard InChI is InChI=1S/C11H17ClN4O2Si/c1-19(2,3)5-4-18-7-16-6-13-8-9(16)14-11(12)15-10(8)17/h6H,4-5,7H2,1-3H3,(H,14,15,17). The van der Waals surface area contributed by atoms with Crippen LogP contribution in [0.15, 0.2) is 11.1 Å². The SMILES string of the molecule is C[Si](C)(C)CCOCn1cnc2c(=O)[nH]c(Cl)nc21. The normalized spacial score (nSPS) is 12.2. The molecule has 2 heterocycles. The van der Waals surface area contributed by atoms with Gasteiger partial charge in [-0.1, -0.05) is 19.6 Å². The minimum absolute atomic E-state index is 0.0568. The van der Waals surface area contributed by atoms with E-state index in [2.05, 4.69) is 34.6 Å². The van der Waals surface area contributed by atoms with E-state index in [0.717, 1.165) is 6.04 Å². The van der Waals surface area contributed by atoms with Gasteiger partial charge in [0.1, 0.15) is 6.73 Å². The number of aromatic amines is 1. The number of halogens is 1. The van der Waals surface area contributed by atoms with Crippen LogP contribution >= 0.6 is 11.6 Å². The van der Waals surface area contributed by atoms with Crippen molar-refractivity contribution in [3.05, 3.63) is 22.0 Å². The molecular weight excluding hydrogens is 284 g/mol. The Morgan fingerprint density at radius 2 is 2.21 bits per heavy atom. The van der Waals surface area contributed by atoms with Gasteiger partial charge in [-0.05, 0) is 17.6 Å². The monoisotopic (exact) mass is 300 g/mol. The van der Waals surface area contributed by atoms with E-state index in [1.165, 1.54) is 6.33 Å². The summed E-state index contributed by atoms with van der Waals surface area (Å²) in [5.41, 5.74) is 0.385. The molecule has 0 fully saturated rings. The molecule has 0 bridgehead atoms. The third kappa shape index (κ3) is 3.65. The average molecular weight is 301 g/mol. The van der Waals surface area contributed by atoms with E-state index in [1.807, 2.05) is 0 Å². The first-order valence-corrected chi connectivity index (χ1v) is 10.1. The number of rotatable bonds is 5. The smallest absolute Gasteiger partial charge is 0.280 e. The Morgan fingerprint density at radius 1 is 1.47 bits per heavy atom. The van der Waals surface area contributed by atoms with E-state index in [-0.39, 0.29) is 16.4 Å². The molecule has 1 N–H and O–H groups in total. The van der Waals surface area contributed by atoms with E-state index in [4.69, 9.17) is 16.3 Å². The van der Waals surface area contributed by atoms with Crippen molar-refractivity contribution >= 4 is 30.8 Å². The molecule has 0 aliphatic carbocycles. The van der Waals surface area contributed by atoms with E-state index >= 15 is 0 Å². The van der Waals surface area contributed by atoms with Crippen molar-refractivity contribution in [3.63, 3.8) is 0 Å². The molecule has 6 nitrogen and oxygen atoms in total. The molecule has 0 radical (unpaired) electrons. The van der Waals surface area contributed by atoms with Crippen molar-refractivity contribution in [3.8, 4) is 0 Å². The summed E-state index contributed by atoms with van der Waals surface area (Å²) in [5, 5.41) is 0.0568. The van der Waals surface area contributed by atoms with E-state index in [1.54, 1.807) is 4.57 Å². The first-order chi connectivity index (χ1) is 8.87. The molecule has 0 saturated heterocycles. The van der Waals surface area contributed by atoms with Crippen molar-refractivity contribution < 1.29 is 4.74 Å². The van der Waals surface area contributed by atoms with Crippen LogP contribution in [0.3, 0.4) is 0 Å². The largest absolute Gasteiger partial charge is 0.361 e. The van der Waals surface area contributed by atoms with Crippen LogP contribution in [0.5, 0.6) is 0 Å². The van der Waals surface area contributed by atoms with Gasteiger partial charge in [-0.3, -0.25) is 14.3 Å². The fourth-order valence-corrected chi connectivity index (χ4v) is 2.49. The molecule has 19 heavy (non-hydrogen) atoms. The first-order valence-electron chi connectivity index (χ1n) is 6.05. The summed E-state index contributed by atoms with van der Waals surface area (Å²) in [4.78, 5) is 22.1. The fourth-order valence-electron chi connectivity index (χ4n) is 1.56. The quantitative estimate of drug-likeness (QED) is 0.521. The maximum Gasteiger partial charge on any atom is 0.280 e. The topological polar surface area (TPSA) is 72.8 Å². The van der Waals surface area contributed by atoms with Gasteiger partial charge in [-0.25, -0.2) is 4.98 Å². The van der Waals surface area contributed by atoms with E-state index in [0.29, 0.717) is 19.0 Å². The van der Waals surface area contributed by atoms with Gasteiger partial charge in [-0.15, -0.1) is 0 Å². The van der Waals surface area contributed by atoms with Crippen molar-refractivity contribution in [2.75, 3.05) is 6.61 Å². The van der Waals surface area contributed by atoms with Crippen LogP contribution in [-0.4, -0.2) is 34.2 Å². The van der Waals surface area contributed by atoms with E-state index in [9.17, 15) is 4.79 Å². The highest BCUT2D eigenvalue weighted by Gasteiger charge is 2.13. The number of hydrogen-bond donors (Lipinski definition) is 1. The predicted molar refractivity (Wildman–Crippen MR) is 77.3 cm³/mol. The van der Waals surface area contributed by atoms with Crippen molar-refractivity contribution in [2.45, 2.75) is 32.4 Å². The van der Waals surface area contributed by atoms with Crippen molar-refractivity contribution in [1.29, 1.82) is 0 Å². The molecule has 0 spiro atoms. The predicted octanol–water partition coefficient (Wildman–Crippen LogP) is 2.09. The molecule has 0 atom stereocenters. The molecule has 0 unspecified atom stereocenters. The summed E-state index contributed by atoms with van der Waals surface area (Å²) < 4.78 is 7.29. The van der Waals surface area contributed by atoms with Crippen LogP contribution in [0.1, 0.15) is 0 Å². The molecular formula is C11H17ClN4O2Si. The number of ether oxygens (including phenoxy) is 1. The minimum Gasteiger partial charge on any atom is -0.361 e. The lowest BCUT2D eigenvalue weighted by molar-refractivity contribution is 0.0895. The number of fused-ring (bicyclic) bond motifs is 1. The number of H-pyrrole nitrogens is 1. The van der Waals surface area contributed by atoms with Crippen LogP contribution in [0.25, 0.3) is 11.2 Å². The Kier molecular flexibility index (Phi) is 4.07. The maximum atomic E-state index is 11.6. The molecule has 0 aliphatic heterocycles. The third-order valence-corrected chi connectivity index (χ3v) is 4.56. The van der Waals surface area contributed by atoms with E-state index < -0.39 is 8.07 Å². The summed E-state index contributed by atoms with van der Waals surface area (Å²) >= 11 is 5.73. The highest BCUT2D eigenvalue weighted by molar-refractivity contribution is 6.76. The molecule has 0 aliphatic rings. The second-order valence-corrected chi connectivity index (χ2v) is 11.6. The second kappa shape index (κ2) is 5.44. The first kappa shape index (κ1) is 14.2. The van der Waals surface area contributed by atoms with Crippen molar-refractivity contribution in [1.82, 2.24) is 19.5 Å². The number of aromatic nitrogens is 4. The number of imidazole rings is 1. The van der Waals surface area contributed by atoms with Gasteiger partial charge >= 0.3 is 0 Å². The molecule has 0 aromatic carbocycles. The van der Waals surface area contributed by atoms with Gasteiger partial charge in [0.25, 0.3) is 5.56 Å². The van der Waals surface area contributed by atoms with Crippen LogP contribution in [0.2, 0.25) is 31.0 Å². The highest BCUT2D eigenvalue weighted by atomic mass is 35.5. The van der Waals surface area contributed by atoms with Gasteiger partial charge in [0.05, 0.1) is 6.33 Å². The molecule has 104 valence electrons. The molecule has 8 heteroatoms. The minimum atomic E-state index is -1.09. The zero-order chi connectivity index (χ0) is 14.0. The fraction of sp³-hybridized carbons (Fsp3) is 0.545. The third-order valence-electron chi connectivity index (χ3n) is 2.67. The van der Waals surface area contributed by atoms with Crippen LogP contribution < -0.4 is 5.56 Å². The summed E-state index contributed by atoms with van der Waals surface area (Å²) in [5.74, 6) is 0. The van der Waals surface area contributed by atoms with Crippen molar-refractivity contribution in [2.24, 2.45) is 0 Å². The Balaban J connectivity index is 2.08. The second-order valence-electron chi connectivity index (χ2n) is 5.59. The van der Waals surface area contributed by atoms with Crippen LogP contribution in [0, 0.1) is 0 Å². The zero-order valence-electron chi connectivity index (χ0n) is 11.2. The van der Waals surface area contributed by atoms with Gasteiger partial charge in [0, 0.05) is 14.7 Å². The molecule has 2 aromatic rings. The number of hydrogen-bond acceptors (Lipinski definition) is 4. The Labute approximate surface area is 116 Å². The molecule has 0 saturated carbocycles. The lowest BCUT2D eigenvalue weighted by Crippen LogP contribution is -2.22. The number of nitrogens with one attached hydrogen (secondary N) is 1. The maximum absolute atomic E-state index is 11.6. The zero-order valence-corrected chi connectivity index (χ0v) is 13.0. The average Bonchev–Trinajstić information content (AvgIpc) is 2.66. The molecule has 2 aromatic heterocycles.